The largest absolute Gasteiger partial charge is 0.378 e. The predicted molar refractivity (Wildman–Crippen MR) is 90.2 cm³/mol. The van der Waals surface area contributed by atoms with Crippen molar-refractivity contribution in [3.63, 3.8) is 0 Å². The summed E-state index contributed by atoms with van der Waals surface area (Å²) in [4.78, 5) is 16.2. The number of anilines is 1. The van der Waals surface area contributed by atoms with Crippen LogP contribution in [0.3, 0.4) is 0 Å². The van der Waals surface area contributed by atoms with Crippen LogP contribution >= 0.6 is 11.3 Å². The molecule has 0 saturated heterocycles. The van der Waals surface area contributed by atoms with Gasteiger partial charge in [-0.25, -0.2) is 0 Å². The highest BCUT2D eigenvalue weighted by molar-refractivity contribution is 7.12. The molecule has 0 aliphatic carbocycles. The second kappa shape index (κ2) is 6.76. The minimum Gasteiger partial charge on any atom is -0.378 e. The summed E-state index contributed by atoms with van der Waals surface area (Å²) in [6.45, 7) is 4.33. The molecule has 0 radical (unpaired) electrons. The third-order valence-electron chi connectivity index (χ3n) is 3.38. The van der Waals surface area contributed by atoms with Gasteiger partial charge in [0, 0.05) is 35.1 Å². The first-order valence-corrected chi connectivity index (χ1v) is 7.99. The van der Waals surface area contributed by atoms with Crippen LogP contribution in [0, 0.1) is 0 Å². The van der Waals surface area contributed by atoms with Crippen LogP contribution in [0.1, 0.15) is 40.0 Å². The Morgan fingerprint density at radius 1 is 1.19 bits per heavy atom. The fourth-order valence-electron chi connectivity index (χ4n) is 2.11. The fraction of sp³-hybridized carbons (Fsp3) is 0.353. The standard InChI is InChI=1S/C17H22N2OS/c1-5-15-10-11-16(21-15)12(2)18-14-8-6-13(7-9-14)17(20)19(3)4/h6-12,18H,5H2,1-4H3. The van der Waals surface area contributed by atoms with Crippen molar-refractivity contribution in [3.05, 3.63) is 51.7 Å². The van der Waals surface area contributed by atoms with E-state index >= 15 is 0 Å². The van der Waals surface area contributed by atoms with Gasteiger partial charge in [-0.1, -0.05) is 6.92 Å². The number of nitrogens with one attached hydrogen (secondary N) is 1. The highest BCUT2D eigenvalue weighted by Crippen LogP contribution is 2.26. The first-order valence-electron chi connectivity index (χ1n) is 7.18. The molecule has 0 bridgehead atoms. The number of rotatable bonds is 5. The minimum absolute atomic E-state index is 0.0282. The number of benzene rings is 1. The number of thiophene rings is 1. The zero-order valence-corrected chi connectivity index (χ0v) is 13.8. The van der Waals surface area contributed by atoms with Gasteiger partial charge >= 0.3 is 0 Å². The quantitative estimate of drug-likeness (QED) is 0.898. The van der Waals surface area contributed by atoms with Crippen molar-refractivity contribution in [2.75, 3.05) is 19.4 Å². The van der Waals surface area contributed by atoms with E-state index in [2.05, 4.69) is 31.3 Å². The predicted octanol–water partition coefficient (Wildman–Crippen LogP) is 4.19. The number of hydrogen-bond acceptors (Lipinski definition) is 3. The molecular formula is C17H22N2OS. The van der Waals surface area contributed by atoms with E-state index < -0.39 is 0 Å². The van der Waals surface area contributed by atoms with Gasteiger partial charge in [0.25, 0.3) is 5.91 Å². The van der Waals surface area contributed by atoms with Crippen LogP contribution in [0.5, 0.6) is 0 Å². The first-order chi connectivity index (χ1) is 10.0. The van der Waals surface area contributed by atoms with Crippen molar-refractivity contribution in [1.29, 1.82) is 0 Å². The van der Waals surface area contributed by atoms with Crippen LogP contribution < -0.4 is 5.32 Å². The zero-order valence-electron chi connectivity index (χ0n) is 13.0. The van der Waals surface area contributed by atoms with Crippen LogP contribution in [0.25, 0.3) is 0 Å². The van der Waals surface area contributed by atoms with Crippen LogP contribution in [0.4, 0.5) is 5.69 Å². The summed E-state index contributed by atoms with van der Waals surface area (Å²) in [5.41, 5.74) is 1.74. The normalized spacial score (nSPS) is 12.0. The molecule has 0 aliphatic heterocycles. The van der Waals surface area contributed by atoms with Crippen LogP contribution in [-0.2, 0) is 6.42 Å². The summed E-state index contributed by atoms with van der Waals surface area (Å²) in [7, 11) is 3.53. The van der Waals surface area contributed by atoms with Gasteiger partial charge in [-0.05, 0) is 49.7 Å². The highest BCUT2D eigenvalue weighted by atomic mass is 32.1. The summed E-state index contributed by atoms with van der Waals surface area (Å²) in [5.74, 6) is 0.0282. The lowest BCUT2D eigenvalue weighted by Crippen LogP contribution is -2.21. The molecule has 2 rings (SSSR count). The smallest absolute Gasteiger partial charge is 0.253 e. The average Bonchev–Trinajstić information content (AvgIpc) is 2.96. The Labute approximate surface area is 130 Å². The van der Waals surface area contributed by atoms with E-state index in [-0.39, 0.29) is 11.9 Å². The third kappa shape index (κ3) is 3.85. The van der Waals surface area contributed by atoms with E-state index in [9.17, 15) is 4.79 Å². The molecule has 1 aromatic heterocycles. The lowest BCUT2D eigenvalue weighted by atomic mass is 10.1. The van der Waals surface area contributed by atoms with Crippen molar-refractivity contribution in [3.8, 4) is 0 Å². The van der Waals surface area contributed by atoms with Crippen LogP contribution in [0.15, 0.2) is 36.4 Å². The molecule has 21 heavy (non-hydrogen) atoms. The van der Waals surface area contributed by atoms with Crippen molar-refractivity contribution in [1.82, 2.24) is 4.90 Å². The molecule has 1 unspecified atom stereocenters. The molecule has 0 aliphatic rings. The molecule has 1 N–H and O–H groups in total. The minimum atomic E-state index is 0.0282. The lowest BCUT2D eigenvalue weighted by Gasteiger charge is -2.15. The second-order valence-corrected chi connectivity index (χ2v) is 6.50. The molecule has 0 fully saturated rings. The monoisotopic (exact) mass is 302 g/mol. The zero-order chi connectivity index (χ0) is 15.4. The molecular weight excluding hydrogens is 280 g/mol. The molecule has 0 spiro atoms. The maximum Gasteiger partial charge on any atom is 0.253 e. The highest BCUT2D eigenvalue weighted by Gasteiger charge is 2.10. The van der Waals surface area contributed by atoms with Gasteiger partial charge in [0.2, 0.25) is 0 Å². The topological polar surface area (TPSA) is 32.3 Å². The summed E-state index contributed by atoms with van der Waals surface area (Å²) in [6, 6.07) is 12.3. The van der Waals surface area contributed by atoms with Gasteiger partial charge < -0.3 is 10.2 Å². The fourth-order valence-corrected chi connectivity index (χ4v) is 3.06. The third-order valence-corrected chi connectivity index (χ3v) is 4.79. The summed E-state index contributed by atoms with van der Waals surface area (Å²) < 4.78 is 0. The van der Waals surface area contributed by atoms with Crippen molar-refractivity contribution in [2.24, 2.45) is 0 Å². The lowest BCUT2D eigenvalue weighted by molar-refractivity contribution is 0.0827. The van der Waals surface area contributed by atoms with E-state index in [1.165, 1.54) is 9.75 Å². The van der Waals surface area contributed by atoms with Gasteiger partial charge in [-0.2, -0.15) is 0 Å². The number of carbonyl (C=O) groups excluding carboxylic acids is 1. The molecule has 1 atom stereocenters. The van der Waals surface area contributed by atoms with E-state index in [1.54, 1.807) is 19.0 Å². The van der Waals surface area contributed by atoms with Gasteiger partial charge in [-0.15, -0.1) is 11.3 Å². The van der Waals surface area contributed by atoms with Crippen molar-refractivity contribution in [2.45, 2.75) is 26.3 Å². The Bertz CT molecular complexity index is 602. The SMILES string of the molecule is CCc1ccc(C(C)Nc2ccc(C(=O)N(C)C)cc2)s1. The molecule has 1 amide bonds. The average molecular weight is 302 g/mol. The van der Waals surface area contributed by atoms with Crippen molar-refractivity contribution < 1.29 is 4.79 Å². The van der Waals surface area contributed by atoms with Crippen LogP contribution in [0.2, 0.25) is 0 Å². The summed E-state index contributed by atoms with van der Waals surface area (Å²) >= 11 is 1.85. The summed E-state index contributed by atoms with van der Waals surface area (Å²) in [5, 5.41) is 3.48. The number of hydrogen-bond donors (Lipinski definition) is 1. The number of carbonyl (C=O) groups is 1. The maximum absolute atomic E-state index is 11.8. The molecule has 4 heteroatoms. The molecule has 2 aromatic rings. The Morgan fingerprint density at radius 3 is 2.38 bits per heavy atom. The van der Waals surface area contributed by atoms with Gasteiger partial charge in [0.1, 0.15) is 0 Å². The Hall–Kier alpha value is -1.81. The Balaban J connectivity index is 2.04. The first kappa shape index (κ1) is 15.6. The molecule has 1 aromatic carbocycles. The molecule has 0 saturated carbocycles. The Morgan fingerprint density at radius 2 is 1.86 bits per heavy atom. The second-order valence-electron chi connectivity index (χ2n) is 5.30. The molecule has 1 heterocycles. The molecule has 112 valence electrons. The van der Waals surface area contributed by atoms with Gasteiger partial charge in [-0.3, -0.25) is 4.79 Å². The van der Waals surface area contributed by atoms with Gasteiger partial charge in [0.05, 0.1) is 6.04 Å². The number of nitrogens with zero attached hydrogens (tertiary/aromatic N) is 1. The van der Waals surface area contributed by atoms with Gasteiger partial charge in [0.15, 0.2) is 0 Å². The van der Waals surface area contributed by atoms with E-state index in [1.807, 2.05) is 35.6 Å². The van der Waals surface area contributed by atoms with E-state index in [0.717, 1.165) is 12.1 Å². The maximum atomic E-state index is 11.8. The van der Waals surface area contributed by atoms with Crippen LogP contribution in [-0.4, -0.2) is 24.9 Å². The number of amides is 1. The Kier molecular flexibility index (Phi) is 5.02. The van der Waals surface area contributed by atoms with Crippen molar-refractivity contribution >= 4 is 22.9 Å². The van der Waals surface area contributed by atoms with E-state index in [0.29, 0.717) is 5.56 Å². The summed E-state index contributed by atoms with van der Waals surface area (Å²) in [6.07, 6.45) is 1.08. The molecule has 3 nitrogen and oxygen atoms in total. The van der Waals surface area contributed by atoms with E-state index in [4.69, 9.17) is 0 Å². The number of aryl methyl sites for hydroxylation is 1.